The smallest absolute Gasteiger partial charge is 0.244 e. The molecule has 1 aromatic carbocycles. The van der Waals surface area contributed by atoms with E-state index in [-0.39, 0.29) is 24.5 Å². The zero-order valence-electron chi connectivity index (χ0n) is 13.7. The van der Waals surface area contributed by atoms with Crippen LogP contribution in [0.3, 0.4) is 0 Å². The molecule has 0 unspecified atom stereocenters. The van der Waals surface area contributed by atoms with E-state index in [9.17, 15) is 4.79 Å². The van der Waals surface area contributed by atoms with Gasteiger partial charge in [0.05, 0.1) is 13.2 Å². The molecule has 1 fully saturated rings. The molecule has 1 saturated heterocycles. The Hall–Kier alpha value is -2.11. The van der Waals surface area contributed by atoms with Crippen molar-refractivity contribution in [2.45, 2.75) is 12.5 Å². The maximum Gasteiger partial charge on any atom is 0.244 e. The zero-order chi connectivity index (χ0) is 16.8. The van der Waals surface area contributed by atoms with Gasteiger partial charge < -0.3 is 20.1 Å². The number of rotatable bonds is 5. The lowest BCUT2D eigenvalue weighted by Gasteiger charge is -2.28. The van der Waals surface area contributed by atoms with Crippen molar-refractivity contribution in [3.8, 4) is 0 Å². The van der Waals surface area contributed by atoms with Gasteiger partial charge in [0.1, 0.15) is 0 Å². The molecule has 0 bridgehead atoms. The Morgan fingerprint density at radius 3 is 2.67 bits per heavy atom. The molecule has 5 nitrogen and oxygen atoms in total. The summed E-state index contributed by atoms with van der Waals surface area (Å²) in [6.45, 7) is 3.51. The molecule has 2 atom stereocenters. The summed E-state index contributed by atoms with van der Waals surface area (Å²) in [5.41, 5.74) is 2.18. The van der Waals surface area contributed by atoms with Crippen LogP contribution in [-0.4, -0.2) is 50.0 Å². The summed E-state index contributed by atoms with van der Waals surface area (Å²) in [7, 11) is 0. The summed E-state index contributed by atoms with van der Waals surface area (Å²) in [4.78, 5) is 14.3. The summed E-state index contributed by atoms with van der Waals surface area (Å²) >= 11 is 0. The Morgan fingerprint density at radius 2 is 2.00 bits per heavy atom. The van der Waals surface area contributed by atoms with Crippen LogP contribution >= 0.6 is 0 Å². The van der Waals surface area contributed by atoms with Crippen molar-refractivity contribution in [3.05, 3.63) is 48.1 Å². The number of nitrogens with zero attached hydrogens (tertiary/aromatic N) is 1. The second kappa shape index (κ2) is 8.13. The van der Waals surface area contributed by atoms with Gasteiger partial charge in [-0.15, -0.1) is 0 Å². The molecule has 0 spiro atoms. The standard InChI is InChI=1S/C19H24N2O3/c22-14-16-1-5-17(13-16)20-19(23)8-4-15-2-6-18(7-3-15)21-9-11-24-12-10-21/h1-8,16-17,22H,9-14H2,(H,20,23)/b8-4+/t16-,17+/m0/s1. The maximum absolute atomic E-state index is 12.0. The number of aliphatic hydroxyl groups is 1. The van der Waals surface area contributed by atoms with Gasteiger partial charge in [-0.25, -0.2) is 0 Å². The Kier molecular flexibility index (Phi) is 5.67. The molecule has 5 heteroatoms. The van der Waals surface area contributed by atoms with Crippen LogP contribution in [0.15, 0.2) is 42.5 Å². The fourth-order valence-corrected chi connectivity index (χ4v) is 3.04. The molecular formula is C19H24N2O3. The SMILES string of the molecule is O=C(/C=C/c1ccc(N2CCOCC2)cc1)N[C@@H]1C=C[C@H](CO)C1. The molecule has 0 saturated carbocycles. The van der Waals surface area contributed by atoms with Crippen molar-refractivity contribution in [2.75, 3.05) is 37.8 Å². The molecule has 2 aliphatic rings. The predicted molar refractivity (Wildman–Crippen MR) is 94.8 cm³/mol. The molecule has 24 heavy (non-hydrogen) atoms. The van der Waals surface area contributed by atoms with Gasteiger partial charge >= 0.3 is 0 Å². The normalized spacial score (nSPS) is 23.8. The van der Waals surface area contributed by atoms with Crippen LogP contribution < -0.4 is 10.2 Å². The topological polar surface area (TPSA) is 61.8 Å². The molecule has 3 rings (SSSR count). The van der Waals surface area contributed by atoms with Crippen molar-refractivity contribution in [2.24, 2.45) is 5.92 Å². The second-order valence-electron chi connectivity index (χ2n) is 6.20. The van der Waals surface area contributed by atoms with E-state index in [1.54, 1.807) is 6.08 Å². The van der Waals surface area contributed by atoms with Crippen LogP contribution in [0, 0.1) is 5.92 Å². The molecule has 2 N–H and O–H groups in total. The van der Waals surface area contributed by atoms with Crippen LogP contribution in [0.25, 0.3) is 6.08 Å². The minimum absolute atomic E-state index is 0.0167. The molecule has 1 aliphatic carbocycles. The number of hydrogen-bond donors (Lipinski definition) is 2. The highest BCUT2D eigenvalue weighted by atomic mass is 16.5. The highest BCUT2D eigenvalue weighted by Gasteiger charge is 2.18. The van der Waals surface area contributed by atoms with Gasteiger partial charge in [0.25, 0.3) is 0 Å². The lowest BCUT2D eigenvalue weighted by Crippen LogP contribution is -2.36. The van der Waals surface area contributed by atoms with Crippen molar-refractivity contribution in [3.63, 3.8) is 0 Å². The van der Waals surface area contributed by atoms with Gasteiger partial charge in [-0.1, -0.05) is 24.3 Å². The summed E-state index contributed by atoms with van der Waals surface area (Å²) in [5.74, 6) is 0.0486. The molecule has 0 radical (unpaired) electrons. The minimum atomic E-state index is -0.111. The van der Waals surface area contributed by atoms with E-state index in [0.717, 1.165) is 38.3 Å². The van der Waals surface area contributed by atoms with Crippen LogP contribution in [0.4, 0.5) is 5.69 Å². The first-order chi connectivity index (χ1) is 11.7. The molecule has 1 heterocycles. The number of carbonyl (C=O) groups is 1. The number of benzene rings is 1. The minimum Gasteiger partial charge on any atom is -0.396 e. The van der Waals surface area contributed by atoms with E-state index in [1.165, 1.54) is 5.69 Å². The molecule has 0 aromatic heterocycles. The van der Waals surface area contributed by atoms with E-state index in [2.05, 4.69) is 22.3 Å². The second-order valence-corrected chi connectivity index (χ2v) is 6.20. The van der Waals surface area contributed by atoms with E-state index in [1.807, 2.05) is 30.4 Å². The fraction of sp³-hybridized carbons (Fsp3) is 0.421. The number of morpholine rings is 1. The summed E-state index contributed by atoms with van der Waals surface area (Å²) < 4.78 is 5.36. The van der Waals surface area contributed by atoms with Crippen LogP contribution in [-0.2, 0) is 9.53 Å². The third kappa shape index (κ3) is 4.46. The number of carbonyl (C=O) groups excluding carboxylic acids is 1. The monoisotopic (exact) mass is 328 g/mol. The Labute approximate surface area is 142 Å². The molecule has 1 aromatic rings. The maximum atomic E-state index is 12.0. The van der Waals surface area contributed by atoms with Crippen LogP contribution in [0.1, 0.15) is 12.0 Å². The zero-order valence-corrected chi connectivity index (χ0v) is 13.7. The fourth-order valence-electron chi connectivity index (χ4n) is 3.04. The van der Waals surface area contributed by atoms with Crippen LogP contribution in [0.5, 0.6) is 0 Å². The molecule has 1 aliphatic heterocycles. The van der Waals surface area contributed by atoms with E-state index in [4.69, 9.17) is 9.84 Å². The first-order valence-electron chi connectivity index (χ1n) is 8.45. The quantitative estimate of drug-likeness (QED) is 0.636. The van der Waals surface area contributed by atoms with Gasteiger partial charge in [-0.05, 0) is 30.2 Å². The lowest BCUT2D eigenvalue weighted by molar-refractivity contribution is -0.116. The van der Waals surface area contributed by atoms with E-state index >= 15 is 0 Å². The van der Waals surface area contributed by atoms with E-state index < -0.39 is 0 Å². The van der Waals surface area contributed by atoms with Gasteiger partial charge in [0.15, 0.2) is 0 Å². The Bertz CT molecular complexity index is 604. The number of nitrogens with one attached hydrogen (secondary N) is 1. The first-order valence-corrected chi connectivity index (χ1v) is 8.45. The molecular weight excluding hydrogens is 304 g/mol. The number of amides is 1. The van der Waals surface area contributed by atoms with Gasteiger partial charge in [0.2, 0.25) is 5.91 Å². The largest absolute Gasteiger partial charge is 0.396 e. The molecule has 128 valence electrons. The highest BCUT2D eigenvalue weighted by Crippen LogP contribution is 2.18. The highest BCUT2D eigenvalue weighted by molar-refractivity contribution is 5.92. The van der Waals surface area contributed by atoms with Gasteiger partial charge in [-0.3, -0.25) is 4.79 Å². The van der Waals surface area contributed by atoms with Crippen LogP contribution in [0.2, 0.25) is 0 Å². The Balaban J connectivity index is 1.50. The first kappa shape index (κ1) is 16.7. The third-order valence-corrected chi connectivity index (χ3v) is 4.43. The van der Waals surface area contributed by atoms with Crippen molar-refractivity contribution < 1.29 is 14.6 Å². The van der Waals surface area contributed by atoms with Crippen molar-refractivity contribution >= 4 is 17.7 Å². The van der Waals surface area contributed by atoms with Crippen molar-refractivity contribution in [1.82, 2.24) is 5.32 Å². The predicted octanol–water partition coefficient (Wildman–Crippen LogP) is 1.59. The van der Waals surface area contributed by atoms with Crippen molar-refractivity contribution in [1.29, 1.82) is 0 Å². The Morgan fingerprint density at radius 1 is 1.25 bits per heavy atom. The summed E-state index contributed by atoms with van der Waals surface area (Å²) in [6.07, 6.45) is 8.05. The molecule has 1 amide bonds. The average Bonchev–Trinajstić information content (AvgIpc) is 3.09. The number of aliphatic hydroxyl groups excluding tert-OH is 1. The summed E-state index contributed by atoms with van der Waals surface area (Å²) in [6, 6.07) is 8.21. The van der Waals surface area contributed by atoms with Gasteiger partial charge in [0, 0.05) is 43.4 Å². The number of anilines is 1. The lowest BCUT2D eigenvalue weighted by atomic mass is 10.1. The third-order valence-electron chi connectivity index (χ3n) is 4.43. The van der Waals surface area contributed by atoms with Gasteiger partial charge in [-0.2, -0.15) is 0 Å². The number of ether oxygens (including phenoxy) is 1. The summed E-state index contributed by atoms with van der Waals surface area (Å²) in [5, 5.41) is 12.0. The number of hydrogen-bond acceptors (Lipinski definition) is 4. The van der Waals surface area contributed by atoms with E-state index in [0.29, 0.717) is 0 Å². The average molecular weight is 328 g/mol.